The molecular weight excluding hydrogens is 477 g/mol. The van der Waals surface area contributed by atoms with Crippen molar-refractivity contribution in [3.63, 3.8) is 0 Å². The van der Waals surface area contributed by atoms with Crippen LogP contribution in [-0.2, 0) is 16.4 Å². The van der Waals surface area contributed by atoms with Crippen LogP contribution < -0.4 is 10.5 Å². The van der Waals surface area contributed by atoms with Crippen LogP contribution in [0.2, 0.25) is 0 Å². The van der Waals surface area contributed by atoms with Gasteiger partial charge in [-0.15, -0.1) is 10.2 Å². The molecule has 0 atom stereocenters. The summed E-state index contributed by atoms with van der Waals surface area (Å²) in [6, 6.07) is 7.48. The SMILES string of the molecule is CN(Cc1nnc(-c2ccc(F)cc2)o1)c1nc(=O)c2cc(S(C)(=O)=O)cc([N+](=O)[O-])c2s1. The minimum atomic E-state index is -3.78. The quantitative estimate of drug-likeness (QED) is 0.291. The summed E-state index contributed by atoms with van der Waals surface area (Å²) in [5.74, 6) is -0.0736. The fourth-order valence-electron chi connectivity index (χ4n) is 2.93. The third-order valence-electron chi connectivity index (χ3n) is 4.55. The second kappa shape index (κ2) is 8.29. The third kappa shape index (κ3) is 4.56. The predicted octanol–water partition coefficient (Wildman–Crippen LogP) is 2.79. The summed E-state index contributed by atoms with van der Waals surface area (Å²) in [5.41, 5.74) is -0.802. The topological polar surface area (TPSA) is 149 Å². The van der Waals surface area contributed by atoms with Gasteiger partial charge in [0.05, 0.1) is 21.7 Å². The molecule has 0 spiro atoms. The first-order chi connectivity index (χ1) is 15.5. The number of rotatable bonds is 6. The highest BCUT2D eigenvalue weighted by atomic mass is 32.2. The lowest BCUT2D eigenvalue weighted by atomic mass is 10.2. The van der Waals surface area contributed by atoms with E-state index in [0.29, 0.717) is 5.56 Å². The lowest BCUT2D eigenvalue weighted by Gasteiger charge is -2.15. The van der Waals surface area contributed by atoms with Gasteiger partial charge in [0.15, 0.2) is 15.0 Å². The molecule has 33 heavy (non-hydrogen) atoms. The van der Waals surface area contributed by atoms with Crippen molar-refractivity contribution in [2.75, 3.05) is 18.2 Å². The molecular formula is C19H14FN5O6S2. The van der Waals surface area contributed by atoms with Crippen LogP contribution in [-0.4, -0.2) is 41.8 Å². The van der Waals surface area contributed by atoms with Crippen LogP contribution in [0.3, 0.4) is 0 Å². The number of halogens is 1. The second-order valence-corrected chi connectivity index (χ2v) is 10.0. The van der Waals surface area contributed by atoms with Crippen LogP contribution in [0.4, 0.5) is 15.2 Å². The Morgan fingerprint density at radius 2 is 1.91 bits per heavy atom. The molecule has 14 heteroatoms. The maximum Gasteiger partial charge on any atom is 0.288 e. The van der Waals surface area contributed by atoms with Crippen LogP contribution in [0.25, 0.3) is 21.5 Å². The number of hydrogen-bond donors (Lipinski definition) is 0. The first-order valence-electron chi connectivity index (χ1n) is 9.16. The van der Waals surface area contributed by atoms with E-state index in [4.69, 9.17) is 4.42 Å². The van der Waals surface area contributed by atoms with E-state index in [0.717, 1.165) is 29.7 Å². The molecule has 0 unspecified atom stereocenters. The molecule has 0 amide bonds. The molecule has 2 aromatic carbocycles. The largest absolute Gasteiger partial charge is 0.419 e. The Bertz CT molecular complexity index is 1550. The zero-order valence-electron chi connectivity index (χ0n) is 17.1. The van der Waals surface area contributed by atoms with E-state index in [1.807, 2.05) is 0 Å². The van der Waals surface area contributed by atoms with E-state index < -0.39 is 31.8 Å². The smallest absolute Gasteiger partial charge is 0.288 e. The molecule has 0 saturated heterocycles. The number of fused-ring (bicyclic) bond motifs is 1. The number of anilines is 1. The molecule has 0 N–H and O–H groups in total. The number of nitro groups is 1. The monoisotopic (exact) mass is 491 g/mol. The normalized spacial score (nSPS) is 11.6. The van der Waals surface area contributed by atoms with Crippen molar-refractivity contribution in [1.82, 2.24) is 15.2 Å². The Kier molecular flexibility index (Phi) is 5.63. The van der Waals surface area contributed by atoms with Crippen molar-refractivity contribution < 1.29 is 22.1 Å². The number of hydrogen-bond acceptors (Lipinski definition) is 11. The van der Waals surface area contributed by atoms with E-state index in [1.165, 1.54) is 29.2 Å². The number of nitro benzene ring substituents is 1. The number of aromatic nitrogens is 3. The molecule has 4 rings (SSSR count). The van der Waals surface area contributed by atoms with Gasteiger partial charge in [0.25, 0.3) is 11.2 Å². The number of nitrogens with zero attached hydrogens (tertiary/aromatic N) is 5. The Labute approximate surface area is 189 Å². The van der Waals surface area contributed by atoms with Crippen molar-refractivity contribution in [3.05, 3.63) is 68.6 Å². The first-order valence-corrected chi connectivity index (χ1v) is 11.9. The van der Waals surface area contributed by atoms with Crippen molar-refractivity contribution in [1.29, 1.82) is 0 Å². The molecule has 0 aliphatic carbocycles. The van der Waals surface area contributed by atoms with Gasteiger partial charge in [-0.05, 0) is 30.3 Å². The Morgan fingerprint density at radius 3 is 2.55 bits per heavy atom. The van der Waals surface area contributed by atoms with Crippen LogP contribution in [0.5, 0.6) is 0 Å². The summed E-state index contributed by atoms with van der Waals surface area (Å²) in [4.78, 5) is 28.5. The van der Waals surface area contributed by atoms with Gasteiger partial charge in [-0.2, -0.15) is 4.98 Å². The molecule has 2 heterocycles. The fourth-order valence-corrected chi connectivity index (χ4v) is 4.61. The van der Waals surface area contributed by atoms with Gasteiger partial charge in [0, 0.05) is 24.9 Å². The number of benzene rings is 2. The van der Waals surface area contributed by atoms with Crippen LogP contribution in [0, 0.1) is 15.9 Å². The van der Waals surface area contributed by atoms with Gasteiger partial charge in [-0.1, -0.05) is 11.3 Å². The zero-order chi connectivity index (χ0) is 23.9. The third-order valence-corrected chi connectivity index (χ3v) is 6.86. The van der Waals surface area contributed by atoms with Gasteiger partial charge in [0.1, 0.15) is 10.5 Å². The minimum Gasteiger partial charge on any atom is -0.419 e. The average molecular weight is 491 g/mol. The maximum atomic E-state index is 13.1. The van der Waals surface area contributed by atoms with Gasteiger partial charge in [0.2, 0.25) is 11.8 Å². The molecule has 4 aromatic rings. The standard InChI is InChI=1S/C19H14FN5O6S2/c1-24(9-15-22-23-18(31-15)10-3-5-11(20)6-4-10)19-21-17(26)13-7-12(33(2,29)30)8-14(25(27)28)16(13)32-19/h3-8H,9H2,1-2H3. The molecule has 11 nitrogen and oxygen atoms in total. The second-order valence-electron chi connectivity index (χ2n) is 7.01. The van der Waals surface area contributed by atoms with Crippen LogP contribution in [0.1, 0.15) is 5.89 Å². The van der Waals surface area contributed by atoms with Crippen LogP contribution >= 0.6 is 11.3 Å². The lowest BCUT2D eigenvalue weighted by Crippen LogP contribution is -2.20. The molecule has 0 saturated carbocycles. The van der Waals surface area contributed by atoms with Gasteiger partial charge >= 0.3 is 0 Å². The number of non-ortho nitro benzene ring substituents is 1. The molecule has 2 aromatic heterocycles. The first kappa shape index (κ1) is 22.4. The molecule has 0 fully saturated rings. The summed E-state index contributed by atoms with van der Waals surface area (Å²) < 4.78 is 42.4. The molecule has 0 aliphatic rings. The van der Waals surface area contributed by atoms with E-state index in [1.54, 1.807) is 7.05 Å². The van der Waals surface area contributed by atoms with E-state index >= 15 is 0 Å². The van der Waals surface area contributed by atoms with Gasteiger partial charge in [-0.25, -0.2) is 12.8 Å². The summed E-state index contributed by atoms with van der Waals surface area (Å²) in [7, 11) is -2.21. The fraction of sp³-hybridized carbons (Fsp3) is 0.158. The number of sulfone groups is 1. The predicted molar refractivity (Wildman–Crippen MR) is 117 cm³/mol. The van der Waals surface area contributed by atoms with Gasteiger partial charge in [-0.3, -0.25) is 14.9 Å². The highest BCUT2D eigenvalue weighted by Crippen LogP contribution is 2.34. The van der Waals surface area contributed by atoms with Crippen molar-refractivity contribution >= 4 is 42.1 Å². The summed E-state index contributed by atoms with van der Waals surface area (Å²) in [5, 5.41) is 19.4. The molecule has 0 aliphatic heterocycles. The van der Waals surface area contributed by atoms with E-state index in [2.05, 4.69) is 15.2 Å². The van der Waals surface area contributed by atoms with Crippen molar-refractivity contribution in [2.24, 2.45) is 0 Å². The average Bonchev–Trinajstić information content (AvgIpc) is 3.21. The lowest BCUT2D eigenvalue weighted by molar-refractivity contribution is -0.383. The highest BCUT2D eigenvalue weighted by Gasteiger charge is 2.23. The van der Waals surface area contributed by atoms with Gasteiger partial charge < -0.3 is 9.32 Å². The zero-order valence-corrected chi connectivity index (χ0v) is 18.7. The molecule has 0 radical (unpaired) electrons. The van der Waals surface area contributed by atoms with E-state index in [9.17, 15) is 27.7 Å². The highest BCUT2D eigenvalue weighted by molar-refractivity contribution is 7.90. The minimum absolute atomic E-state index is 0.00761. The van der Waals surface area contributed by atoms with E-state index in [-0.39, 0.29) is 38.4 Å². The van der Waals surface area contributed by atoms with Crippen molar-refractivity contribution in [3.8, 4) is 11.5 Å². The molecule has 170 valence electrons. The summed E-state index contributed by atoms with van der Waals surface area (Å²) >= 11 is 0.854. The maximum absolute atomic E-state index is 13.1. The Balaban J connectivity index is 1.70. The van der Waals surface area contributed by atoms with Crippen molar-refractivity contribution in [2.45, 2.75) is 11.4 Å². The Morgan fingerprint density at radius 1 is 1.21 bits per heavy atom. The Hall–Kier alpha value is -3.78. The summed E-state index contributed by atoms with van der Waals surface area (Å²) in [6.07, 6.45) is 0.895. The summed E-state index contributed by atoms with van der Waals surface area (Å²) in [6.45, 7) is 0.0257. The molecule has 0 bridgehead atoms. The van der Waals surface area contributed by atoms with Crippen LogP contribution in [0.15, 0.2) is 50.5 Å².